The second-order valence-corrected chi connectivity index (χ2v) is 9.20. The quantitative estimate of drug-likeness (QED) is 0.799. The van der Waals surface area contributed by atoms with E-state index in [0.717, 1.165) is 30.7 Å². The van der Waals surface area contributed by atoms with Crippen molar-refractivity contribution in [2.75, 3.05) is 31.9 Å². The lowest BCUT2D eigenvalue weighted by atomic mass is 10.1. The van der Waals surface area contributed by atoms with Gasteiger partial charge in [0.2, 0.25) is 10.0 Å². The molecule has 140 valence electrons. The summed E-state index contributed by atoms with van der Waals surface area (Å²) in [7, 11) is -1.29. The van der Waals surface area contributed by atoms with Crippen molar-refractivity contribution in [1.29, 1.82) is 0 Å². The number of para-hydroxylation sites is 1. The third kappa shape index (κ3) is 3.06. The van der Waals surface area contributed by atoms with Crippen LogP contribution in [0.15, 0.2) is 29.1 Å². The van der Waals surface area contributed by atoms with E-state index in [9.17, 15) is 13.2 Å². The average Bonchev–Trinajstić information content (AvgIpc) is 3.22. The second kappa shape index (κ2) is 6.75. The van der Waals surface area contributed by atoms with E-state index in [4.69, 9.17) is 4.98 Å². The van der Waals surface area contributed by atoms with Gasteiger partial charge in [0.25, 0.3) is 5.56 Å². The van der Waals surface area contributed by atoms with E-state index in [1.54, 1.807) is 22.0 Å². The van der Waals surface area contributed by atoms with Gasteiger partial charge in [-0.25, -0.2) is 17.7 Å². The van der Waals surface area contributed by atoms with Gasteiger partial charge in [-0.1, -0.05) is 12.1 Å². The summed E-state index contributed by atoms with van der Waals surface area (Å²) >= 11 is 0. The average molecular weight is 376 g/mol. The molecule has 2 fully saturated rings. The van der Waals surface area contributed by atoms with E-state index in [0.29, 0.717) is 31.4 Å². The Kier molecular flexibility index (Phi) is 4.58. The first kappa shape index (κ1) is 17.6. The second-order valence-electron chi connectivity index (χ2n) is 7.11. The summed E-state index contributed by atoms with van der Waals surface area (Å²) in [5.74, 6) is 1.03. The first-order valence-electron chi connectivity index (χ1n) is 9.15. The Morgan fingerprint density at radius 3 is 2.73 bits per heavy atom. The van der Waals surface area contributed by atoms with Crippen molar-refractivity contribution in [3.05, 3.63) is 40.4 Å². The van der Waals surface area contributed by atoms with Gasteiger partial charge < -0.3 is 0 Å². The number of hydrogen-bond acceptors (Lipinski definition) is 5. The molecule has 0 saturated carbocycles. The lowest BCUT2D eigenvalue weighted by Gasteiger charge is -2.27. The largest absolute Gasteiger partial charge is 0.298 e. The van der Waals surface area contributed by atoms with Crippen LogP contribution in [0.3, 0.4) is 0 Å². The Balaban J connectivity index is 1.60. The first-order chi connectivity index (χ1) is 12.5. The monoisotopic (exact) mass is 376 g/mol. The highest BCUT2D eigenvalue weighted by Crippen LogP contribution is 2.30. The fourth-order valence-corrected chi connectivity index (χ4v) is 5.62. The number of rotatable bonds is 4. The Morgan fingerprint density at radius 1 is 1.15 bits per heavy atom. The molecular formula is C18H24N4O3S. The summed E-state index contributed by atoms with van der Waals surface area (Å²) in [6.07, 6.45) is 2.68. The first-order valence-corrected chi connectivity index (χ1v) is 10.8. The molecule has 0 amide bonds. The van der Waals surface area contributed by atoms with E-state index in [2.05, 4.69) is 4.90 Å². The van der Waals surface area contributed by atoms with Crippen LogP contribution in [0.4, 0.5) is 0 Å². The molecule has 0 spiro atoms. The fourth-order valence-electron chi connectivity index (χ4n) is 4.10. The summed E-state index contributed by atoms with van der Waals surface area (Å²) in [5, 5.41) is 0.631. The normalized spacial score (nSPS) is 23.8. The maximum atomic E-state index is 12.7. The Morgan fingerprint density at radius 2 is 1.96 bits per heavy atom. The van der Waals surface area contributed by atoms with Crippen LogP contribution in [-0.4, -0.2) is 59.1 Å². The van der Waals surface area contributed by atoms with Crippen molar-refractivity contribution in [2.24, 2.45) is 7.05 Å². The van der Waals surface area contributed by atoms with Crippen LogP contribution in [-0.2, 0) is 17.1 Å². The predicted octanol–water partition coefficient (Wildman–Crippen LogP) is 1.11. The molecule has 2 aliphatic heterocycles. The molecule has 3 heterocycles. The SMILES string of the molecule is Cn1c(C2CCCN2CCN2CCCS2(=O)=O)nc2ccccc2c1=O. The highest BCUT2D eigenvalue weighted by atomic mass is 32.2. The van der Waals surface area contributed by atoms with Gasteiger partial charge in [-0.2, -0.15) is 0 Å². The fraction of sp³-hybridized carbons (Fsp3) is 0.556. The van der Waals surface area contributed by atoms with Crippen LogP contribution in [0.25, 0.3) is 10.9 Å². The van der Waals surface area contributed by atoms with Crippen LogP contribution in [0.2, 0.25) is 0 Å². The lowest BCUT2D eigenvalue weighted by Crippen LogP contribution is -2.37. The topological polar surface area (TPSA) is 75.5 Å². The van der Waals surface area contributed by atoms with Crippen LogP contribution in [0.1, 0.15) is 31.1 Å². The molecule has 8 heteroatoms. The minimum absolute atomic E-state index is 0.0282. The van der Waals surface area contributed by atoms with Crippen LogP contribution < -0.4 is 5.56 Å². The summed E-state index contributed by atoms with van der Waals surface area (Å²) in [6, 6.07) is 7.48. The molecule has 0 radical (unpaired) electrons. The van der Waals surface area contributed by atoms with Gasteiger partial charge in [-0.3, -0.25) is 14.3 Å². The molecule has 26 heavy (non-hydrogen) atoms. The van der Waals surface area contributed by atoms with Gasteiger partial charge >= 0.3 is 0 Å². The van der Waals surface area contributed by atoms with Gasteiger partial charge in [0, 0.05) is 26.7 Å². The third-order valence-electron chi connectivity index (χ3n) is 5.52. The van der Waals surface area contributed by atoms with Gasteiger partial charge in [-0.05, 0) is 37.9 Å². The van der Waals surface area contributed by atoms with Crippen LogP contribution in [0, 0.1) is 0 Å². The highest BCUT2D eigenvalue weighted by molar-refractivity contribution is 7.89. The Labute approximate surface area is 153 Å². The molecule has 1 atom stereocenters. The van der Waals surface area contributed by atoms with Crippen LogP contribution in [0.5, 0.6) is 0 Å². The number of likely N-dealkylation sites (tertiary alicyclic amines) is 1. The van der Waals surface area contributed by atoms with Crippen molar-refractivity contribution in [3.8, 4) is 0 Å². The summed E-state index contributed by atoms with van der Waals surface area (Å²) < 4.78 is 27.3. The van der Waals surface area contributed by atoms with Gasteiger partial charge in [0.05, 0.1) is 22.7 Å². The van der Waals surface area contributed by atoms with Crippen molar-refractivity contribution in [1.82, 2.24) is 18.8 Å². The summed E-state index contributed by atoms with van der Waals surface area (Å²) in [4.78, 5) is 19.7. The predicted molar refractivity (Wildman–Crippen MR) is 101 cm³/mol. The van der Waals surface area contributed by atoms with E-state index < -0.39 is 10.0 Å². The maximum absolute atomic E-state index is 12.7. The molecule has 2 saturated heterocycles. The van der Waals surface area contributed by atoms with Gasteiger partial charge in [0.1, 0.15) is 5.82 Å². The number of nitrogens with zero attached hydrogens (tertiary/aromatic N) is 4. The number of fused-ring (bicyclic) bond motifs is 1. The minimum atomic E-state index is -3.07. The molecule has 0 aliphatic carbocycles. The van der Waals surface area contributed by atoms with E-state index in [-0.39, 0.29) is 17.4 Å². The summed E-state index contributed by atoms with van der Waals surface area (Å²) in [5.41, 5.74) is 0.694. The van der Waals surface area contributed by atoms with Crippen molar-refractivity contribution in [2.45, 2.75) is 25.3 Å². The Hall–Kier alpha value is -1.77. The molecule has 0 bridgehead atoms. The number of aromatic nitrogens is 2. The summed E-state index contributed by atoms with van der Waals surface area (Å²) in [6.45, 7) is 2.71. The standard InChI is InChI=1S/C18H24N4O3S/c1-20-17(19-15-7-3-2-6-14(15)18(20)23)16-8-4-9-21(16)11-12-22-10-5-13-26(22,24)25/h2-3,6-7,16H,4-5,8-13H2,1H3. The molecule has 0 N–H and O–H groups in total. The molecule has 1 aromatic carbocycles. The molecule has 2 aliphatic rings. The number of benzene rings is 1. The van der Waals surface area contributed by atoms with Crippen molar-refractivity contribution < 1.29 is 8.42 Å². The number of hydrogen-bond donors (Lipinski definition) is 0. The smallest absolute Gasteiger partial charge is 0.261 e. The number of sulfonamides is 1. The van der Waals surface area contributed by atoms with Gasteiger partial charge in [0.15, 0.2) is 0 Å². The van der Waals surface area contributed by atoms with Crippen molar-refractivity contribution >= 4 is 20.9 Å². The lowest BCUT2D eigenvalue weighted by molar-refractivity contribution is 0.227. The molecule has 4 rings (SSSR count). The zero-order valence-corrected chi connectivity index (χ0v) is 15.8. The zero-order chi connectivity index (χ0) is 18.3. The van der Waals surface area contributed by atoms with E-state index in [1.165, 1.54) is 0 Å². The Bertz CT molecular complexity index is 986. The molecule has 2 aromatic rings. The van der Waals surface area contributed by atoms with Crippen LogP contribution >= 0.6 is 0 Å². The highest BCUT2D eigenvalue weighted by Gasteiger charge is 2.32. The van der Waals surface area contributed by atoms with E-state index >= 15 is 0 Å². The maximum Gasteiger partial charge on any atom is 0.261 e. The zero-order valence-electron chi connectivity index (χ0n) is 15.0. The van der Waals surface area contributed by atoms with E-state index in [1.807, 2.05) is 18.2 Å². The molecule has 7 nitrogen and oxygen atoms in total. The molecular weight excluding hydrogens is 352 g/mol. The van der Waals surface area contributed by atoms with Gasteiger partial charge in [-0.15, -0.1) is 0 Å². The molecule has 1 aromatic heterocycles. The third-order valence-corrected chi connectivity index (χ3v) is 7.48. The minimum Gasteiger partial charge on any atom is -0.298 e. The molecule has 1 unspecified atom stereocenters. The van der Waals surface area contributed by atoms with Crippen molar-refractivity contribution in [3.63, 3.8) is 0 Å².